The van der Waals surface area contributed by atoms with E-state index in [4.69, 9.17) is 5.73 Å². The molecule has 0 atom stereocenters. The molecular weight excluding hydrogens is 405 g/mol. The largest absolute Gasteiger partial charge is 0.370 e. The Bertz CT molecular complexity index is 676. The summed E-state index contributed by atoms with van der Waals surface area (Å²) in [6.07, 6.45) is 4.72. The van der Waals surface area contributed by atoms with Gasteiger partial charge in [-0.25, -0.2) is 4.79 Å². The minimum Gasteiger partial charge on any atom is -0.370 e. The van der Waals surface area contributed by atoms with Gasteiger partial charge in [-0.3, -0.25) is 9.56 Å². The number of benzene rings is 1. The number of nitrogens with one attached hydrogen (secondary N) is 2. The number of para-hydroxylation sites is 2. The first-order valence-corrected chi connectivity index (χ1v) is 7.93. The van der Waals surface area contributed by atoms with Crippen molar-refractivity contribution in [2.24, 2.45) is 10.7 Å². The van der Waals surface area contributed by atoms with Crippen molar-refractivity contribution in [1.82, 2.24) is 14.9 Å². The van der Waals surface area contributed by atoms with Gasteiger partial charge < -0.3 is 16.0 Å². The lowest BCUT2D eigenvalue weighted by molar-refractivity contribution is 0.658. The molecular formula is C16H26IN5O. The number of nitrogens with zero attached hydrogens (tertiary/aromatic N) is 2. The molecule has 0 fully saturated rings. The van der Waals surface area contributed by atoms with Crippen molar-refractivity contribution in [2.45, 2.75) is 39.2 Å². The highest BCUT2D eigenvalue weighted by Gasteiger charge is 2.05. The second kappa shape index (κ2) is 10.3. The predicted molar refractivity (Wildman–Crippen MR) is 107 cm³/mol. The number of unbranched alkanes of at least 4 members (excludes halogenated alkanes) is 3. The van der Waals surface area contributed by atoms with E-state index in [1.165, 1.54) is 19.3 Å². The van der Waals surface area contributed by atoms with E-state index in [0.717, 1.165) is 24.0 Å². The van der Waals surface area contributed by atoms with Crippen LogP contribution in [0, 0.1) is 0 Å². The average Bonchev–Trinajstić information content (AvgIpc) is 2.83. The van der Waals surface area contributed by atoms with Crippen molar-refractivity contribution in [1.29, 1.82) is 0 Å². The van der Waals surface area contributed by atoms with E-state index >= 15 is 0 Å². The van der Waals surface area contributed by atoms with E-state index in [1.807, 2.05) is 24.3 Å². The van der Waals surface area contributed by atoms with Crippen LogP contribution in [0.3, 0.4) is 0 Å². The fourth-order valence-electron chi connectivity index (χ4n) is 2.42. The molecule has 0 bridgehead atoms. The molecule has 0 aliphatic heterocycles. The van der Waals surface area contributed by atoms with Gasteiger partial charge in [0, 0.05) is 19.6 Å². The molecule has 0 aliphatic rings. The molecule has 0 radical (unpaired) electrons. The number of rotatable bonds is 8. The number of aromatic amines is 1. The van der Waals surface area contributed by atoms with E-state index < -0.39 is 0 Å². The van der Waals surface area contributed by atoms with Crippen molar-refractivity contribution in [3.8, 4) is 0 Å². The Labute approximate surface area is 153 Å². The van der Waals surface area contributed by atoms with Gasteiger partial charge in [-0.2, -0.15) is 0 Å². The summed E-state index contributed by atoms with van der Waals surface area (Å²) in [4.78, 5) is 19.0. The Morgan fingerprint density at radius 3 is 2.87 bits per heavy atom. The summed E-state index contributed by atoms with van der Waals surface area (Å²) in [5.74, 6) is 0.449. The summed E-state index contributed by atoms with van der Waals surface area (Å²) in [6.45, 7) is 4.07. The SMILES string of the molecule is CCCCCCN=C(N)NCCn1c(=O)[nH]c2ccccc21.I. The van der Waals surface area contributed by atoms with Crippen LogP contribution in [0.5, 0.6) is 0 Å². The van der Waals surface area contributed by atoms with Crippen molar-refractivity contribution >= 4 is 41.0 Å². The van der Waals surface area contributed by atoms with E-state index in [-0.39, 0.29) is 29.7 Å². The van der Waals surface area contributed by atoms with Gasteiger partial charge in [0.05, 0.1) is 11.0 Å². The Morgan fingerprint density at radius 2 is 2.09 bits per heavy atom. The first kappa shape index (κ1) is 19.5. The molecule has 4 N–H and O–H groups in total. The molecule has 7 heteroatoms. The van der Waals surface area contributed by atoms with E-state index in [1.54, 1.807) is 4.57 Å². The number of hydrogen-bond donors (Lipinski definition) is 3. The maximum Gasteiger partial charge on any atom is 0.326 e. The minimum atomic E-state index is -0.0990. The average molecular weight is 431 g/mol. The Balaban J connectivity index is 0.00000264. The van der Waals surface area contributed by atoms with E-state index in [2.05, 4.69) is 22.2 Å². The molecule has 0 saturated carbocycles. The van der Waals surface area contributed by atoms with Crippen LogP contribution in [-0.2, 0) is 6.54 Å². The predicted octanol–water partition coefficient (Wildman–Crippen LogP) is 2.43. The molecule has 0 saturated heterocycles. The van der Waals surface area contributed by atoms with Crippen molar-refractivity contribution < 1.29 is 0 Å². The zero-order chi connectivity index (χ0) is 15.8. The molecule has 0 amide bonds. The van der Waals surface area contributed by atoms with Crippen LogP contribution < -0.4 is 16.7 Å². The first-order chi connectivity index (χ1) is 10.7. The summed E-state index contributed by atoms with van der Waals surface area (Å²) in [6, 6.07) is 7.65. The number of guanidine groups is 1. The summed E-state index contributed by atoms with van der Waals surface area (Å²) in [5, 5.41) is 3.06. The lowest BCUT2D eigenvalue weighted by atomic mass is 10.2. The van der Waals surface area contributed by atoms with E-state index in [9.17, 15) is 4.79 Å². The smallest absolute Gasteiger partial charge is 0.326 e. The van der Waals surface area contributed by atoms with Gasteiger partial charge in [0.25, 0.3) is 0 Å². The number of imidazole rings is 1. The number of aromatic nitrogens is 2. The number of halogens is 1. The summed E-state index contributed by atoms with van der Waals surface area (Å²) < 4.78 is 1.71. The van der Waals surface area contributed by atoms with Crippen molar-refractivity contribution in [2.75, 3.05) is 13.1 Å². The summed E-state index contributed by atoms with van der Waals surface area (Å²) in [5.41, 5.74) is 7.48. The Kier molecular flexibility index (Phi) is 8.75. The quantitative estimate of drug-likeness (QED) is 0.260. The number of fused-ring (bicyclic) bond motifs is 1. The second-order valence-corrected chi connectivity index (χ2v) is 5.35. The molecule has 0 spiro atoms. The third-order valence-corrected chi connectivity index (χ3v) is 3.62. The number of H-pyrrole nitrogens is 1. The maximum atomic E-state index is 11.9. The highest BCUT2D eigenvalue weighted by atomic mass is 127. The minimum absolute atomic E-state index is 0. The van der Waals surface area contributed by atoms with Gasteiger partial charge in [0.15, 0.2) is 5.96 Å². The van der Waals surface area contributed by atoms with Crippen LogP contribution >= 0.6 is 24.0 Å². The molecule has 2 aromatic rings. The fourth-order valence-corrected chi connectivity index (χ4v) is 2.42. The normalized spacial score (nSPS) is 11.4. The zero-order valence-corrected chi connectivity index (χ0v) is 15.9. The second-order valence-electron chi connectivity index (χ2n) is 5.35. The fraction of sp³-hybridized carbons (Fsp3) is 0.500. The van der Waals surface area contributed by atoms with Crippen LogP contribution in [0.15, 0.2) is 34.1 Å². The highest BCUT2D eigenvalue weighted by Crippen LogP contribution is 2.08. The number of nitrogens with two attached hydrogens (primary N) is 1. The highest BCUT2D eigenvalue weighted by molar-refractivity contribution is 14.0. The van der Waals surface area contributed by atoms with Crippen LogP contribution in [0.25, 0.3) is 11.0 Å². The molecule has 1 aromatic carbocycles. The molecule has 128 valence electrons. The van der Waals surface area contributed by atoms with Crippen LogP contribution in [0.4, 0.5) is 0 Å². The van der Waals surface area contributed by atoms with E-state index in [0.29, 0.717) is 19.0 Å². The van der Waals surface area contributed by atoms with Gasteiger partial charge in [-0.05, 0) is 18.6 Å². The van der Waals surface area contributed by atoms with Gasteiger partial charge in [-0.1, -0.05) is 38.3 Å². The van der Waals surface area contributed by atoms with Gasteiger partial charge >= 0.3 is 5.69 Å². The molecule has 0 unspecified atom stereocenters. The number of aliphatic imine (C=N–C) groups is 1. The Morgan fingerprint density at radius 1 is 1.30 bits per heavy atom. The molecule has 6 nitrogen and oxygen atoms in total. The summed E-state index contributed by atoms with van der Waals surface area (Å²) in [7, 11) is 0. The van der Waals surface area contributed by atoms with Crippen LogP contribution in [-0.4, -0.2) is 28.6 Å². The Hall–Kier alpha value is -1.51. The van der Waals surface area contributed by atoms with Gasteiger partial charge in [0.2, 0.25) is 0 Å². The molecule has 1 aromatic heterocycles. The van der Waals surface area contributed by atoms with Crippen molar-refractivity contribution in [3.05, 3.63) is 34.7 Å². The van der Waals surface area contributed by atoms with Crippen molar-refractivity contribution in [3.63, 3.8) is 0 Å². The van der Waals surface area contributed by atoms with Crippen LogP contribution in [0.2, 0.25) is 0 Å². The van der Waals surface area contributed by atoms with Crippen LogP contribution in [0.1, 0.15) is 32.6 Å². The number of hydrogen-bond acceptors (Lipinski definition) is 2. The third kappa shape index (κ3) is 5.89. The molecule has 0 aliphatic carbocycles. The van der Waals surface area contributed by atoms with Gasteiger partial charge in [-0.15, -0.1) is 24.0 Å². The standard InChI is InChI=1S/C16H25N5O.HI/c1-2-3-4-7-10-18-15(17)19-11-12-21-14-9-6-5-8-13(14)20-16(21)22;/h5-6,8-9H,2-4,7,10-12H2,1H3,(H,20,22)(H3,17,18,19);1H. The molecule has 2 rings (SSSR count). The monoisotopic (exact) mass is 431 g/mol. The molecule has 23 heavy (non-hydrogen) atoms. The van der Waals surface area contributed by atoms with Gasteiger partial charge in [0.1, 0.15) is 0 Å². The lowest BCUT2D eigenvalue weighted by Gasteiger charge is -2.07. The zero-order valence-electron chi connectivity index (χ0n) is 13.5. The first-order valence-electron chi connectivity index (χ1n) is 7.93. The molecule has 1 heterocycles. The summed E-state index contributed by atoms with van der Waals surface area (Å²) >= 11 is 0. The lowest BCUT2D eigenvalue weighted by Crippen LogP contribution is -2.35. The topological polar surface area (TPSA) is 88.2 Å². The third-order valence-electron chi connectivity index (χ3n) is 3.62. The maximum absolute atomic E-state index is 11.9.